The SMILES string of the molecule is CN=C(NCCc1nc(C)c(C)s1)NCCN(C(C)C)C1CC1. The lowest BCUT2D eigenvalue weighted by molar-refractivity contribution is 0.215. The number of rotatable bonds is 8. The van der Waals surface area contributed by atoms with Crippen LogP contribution < -0.4 is 10.6 Å². The van der Waals surface area contributed by atoms with E-state index in [1.165, 1.54) is 22.7 Å². The van der Waals surface area contributed by atoms with Crippen LogP contribution in [0.5, 0.6) is 0 Å². The van der Waals surface area contributed by atoms with Crippen LogP contribution in [0.15, 0.2) is 4.99 Å². The first kappa shape index (κ1) is 18.2. The molecule has 0 radical (unpaired) electrons. The van der Waals surface area contributed by atoms with E-state index in [4.69, 9.17) is 0 Å². The van der Waals surface area contributed by atoms with Crippen molar-refractivity contribution >= 4 is 17.3 Å². The van der Waals surface area contributed by atoms with Crippen LogP contribution in [0.25, 0.3) is 0 Å². The summed E-state index contributed by atoms with van der Waals surface area (Å²) in [7, 11) is 1.83. The molecule has 2 N–H and O–H groups in total. The predicted octanol–water partition coefficient (Wildman–Crippen LogP) is 2.34. The first-order valence-electron chi connectivity index (χ1n) is 8.64. The molecule has 2 rings (SSSR count). The van der Waals surface area contributed by atoms with Gasteiger partial charge in [-0.15, -0.1) is 11.3 Å². The number of aliphatic imine (C=N–C) groups is 1. The second kappa shape index (κ2) is 8.64. The molecule has 1 fully saturated rings. The molecule has 1 aliphatic rings. The largest absolute Gasteiger partial charge is 0.356 e. The molecule has 0 saturated heterocycles. The molecular weight excluding hydrogens is 306 g/mol. The molecule has 0 atom stereocenters. The highest BCUT2D eigenvalue weighted by Gasteiger charge is 2.30. The molecule has 1 saturated carbocycles. The lowest BCUT2D eigenvalue weighted by atomic mass is 10.3. The lowest BCUT2D eigenvalue weighted by Gasteiger charge is -2.26. The van der Waals surface area contributed by atoms with Crippen LogP contribution in [-0.2, 0) is 6.42 Å². The van der Waals surface area contributed by atoms with Gasteiger partial charge in [0.25, 0.3) is 0 Å². The van der Waals surface area contributed by atoms with Crippen LogP contribution in [-0.4, -0.2) is 54.6 Å². The molecule has 23 heavy (non-hydrogen) atoms. The molecule has 1 aromatic heterocycles. The quantitative estimate of drug-likeness (QED) is 0.565. The van der Waals surface area contributed by atoms with Crippen LogP contribution in [0.2, 0.25) is 0 Å². The van der Waals surface area contributed by atoms with E-state index in [2.05, 4.69) is 53.2 Å². The normalized spacial score (nSPS) is 15.5. The zero-order chi connectivity index (χ0) is 16.8. The molecule has 0 unspecified atom stereocenters. The van der Waals surface area contributed by atoms with Gasteiger partial charge in [0.1, 0.15) is 0 Å². The molecule has 1 aliphatic carbocycles. The standard InChI is InChI=1S/C17H31N5S/c1-12(2)22(15-6-7-15)11-10-20-17(18-5)19-9-8-16-21-13(3)14(4)23-16/h12,15H,6-11H2,1-5H3,(H2,18,19,20). The van der Waals surface area contributed by atoms with E-state index >= 15 is 0 Å². The third-order valence-electron chi connectivity index (χ3n) is 4.27. The van der Waals surface area contributed by atoms with Gasteiger partial charge in [-0.05, 0) is 40.5 Å². The summed E-state index contributed by atoms with van der Waals surface area (Å²) in [6, 6.07) is 1.43. The highest BCUT2D eigenvalue weighted by atomic mass is 32.1. The van der Waals surface area contributed by atoms with Crippen molar-refractivity contribution in [1.82, 2.24) is 20.5 Å². The molecule has 1 aromatic rings. The fourth-order valence-electron chi connectivity index (χ4n) is 2.73. The number of guanidine groups is 1. The van der Waals surface area contributed by atoms with Gasteiger partial charge in [-0.2, -0.15) is 0 Å². The van der Waals surface area contributed by atoms with Gasteiger partial charge in [-0.1, -0.05) is 0 Å². The summed E-state index contributed by atoms with van der Waals surface area (Å²) >= 11 is 1.79. The fourth-order valence-corrected chi connectivity index (χ4v) is 3.66. The van der Waals surface area contributed by atoms with E-state index in [-0.39, 0.29) is 0 Å². The summed E-state index contributed by atoms with van der Waals surface area (Å²) in [6.07, 6.45) is 3.66. The van der Waals surface area contributed by atoms with Crippen LogP contribution in [0.3, 0.4) is 0 Å². The molecule has 0 bridgehead atoms. The number of aromatic nitrogens is 1. The Morgan fingerprint density at radius 1 is 1.30 bits per heavy atom. The second-order valence-electron chi connectivity index (χ2n) is 6.49. The van der Waals surface area contributed by atoms with Crippen LogP contribution in [0.4, 0.5) is 0 Å². The van der Waals surface area contributed by atoms with E-state index in [9.17, 15) is 0 Å². The van der Waals surface area contributed by atoms with Gasteiger partial charge in [0, 0.05) is 50.1 Å². The minimum Gasteiger partial charge on any atom is -0.356 e. The molecule has 0 spiro atoms. The highest BCUT2D eigenvalue weighted by Crippen LogP contribution is 2.27. The monoisotopic (exact) mass is 337 g/mol. The maximum absolute atomic E-state index is 4.58. The van der Waals surface area contributed by atoms with Crippen molar-refractivity contribution in [1.29, 1.82) is 0 Å². The molecular formula is C17H31N5S. The van der Waals surface area contributed by atoms with E-state index in [0.29, 0.717) is 6.04 Å². The summed E-state index contributed by atoms with van der Waals surface area (Å²) in [5.41, 5.74) is 1.15. The van der Waals surface area contributed by atoms with Gasteiger partial charge in [0.05, 0.1) is 10.7 Å². The molecule has 1 heterocycles. The number of hydrogen-bond acceptors (Lipinski definition) is 4. The first-order valence-corrected chi connectivity index (χ1v) is 9.46. The van der Waals surface area contributed by atoms with E-state index < -0.39 is 0 Å². The van der Waals surface area contributed by atoms with Gasteiger partial charge in [-0.3, -0.25) is 9.89 Å². The van der Waals surface area contributed by atoms with Crippen molar-refractivity contribution in [3.8, 4) is 0 Å². The predicted molar refractivity (Wildman–Crippen MR) is 99.5 cm³/mol. The molecule has 0 aliphatic heterocycles. The van der Waals surface area contributed by atoms with Crippen LogP contribution >= 0.6 is 11.3 Å². The Kier molecular flexibility index (Phi) is 6.84. The topological polar surface area (TPSA) is 52.6 Å². The molecule has 5 nitrogen and oxygen atoms in total. The van der Waals surface area contributed by atoms with Gasteiger partial charge in [0.2, 0.25) is 0 Å². The van der Waals surface area contributed by atoms with Crippen molar-refractivity contribution in [3.63, 3.8) is 0 Å². The second-order valence-corrected chi connectivity index (χ2v) is 7.78. The first-order chi connectivity index (χ1) is 11.0. The zero-order valence-corrected chi connectivity index (χ0v) is 16.0. The minimum absolute atomic E-state index is 0.621. The Morgan fingerprint density at radius 2 is 2.00 bits per heavy atom. The molecule has 0 aromatic carbocycles. The van der Waals surface area contributed by atoms with Gasteiger partial charge >= 0.3 is 0 Å². The fraction of sp³-hybridized carbons (Fsp3) is 0.765. The number of thiazole rings is 1. The zero-order valence-electron chi connectivity index (χ0n) is 15.1. The van der Waals surface area contributed by atoms with Gasteiger partial charge < -0.3 is 10.6 Å². The van der Waals surface area contributed by atoms with E-state index in [1.54, 1.807) is 11.3 Å². The van der Waals surface area contributed by atoms with Gasteiger partial charge in [-0.25, -0.2) is 4.98 Å². The molecule has 0 amide bonds. The summed E-state index contributed by atoms with van der Waals surface area (Å²) in [5.74, 6) is 0.884. The Hall–Kier alpha value is -1.14. The average molecular weight is 338 g/mol. The van der Waals surface area contributed by atoms with Crippen molar-refractivity contribution in [2.24, 2.45) is 4.99 Å². The third-order valence-corrected chi connectivity index (χ3v) is 5.40. The minimum atomic E-state index is 0.621. The van der Waals surface area contributed by atoms with Crippen molar-refractivity contribution < 1.29 is 0 Å². The summed E-state index contributed by atoms with van der Waals surface area (Å²) in [6.45, 7) is 11.6. The van der Waals surface area contributed by atoms with Gasteiger partial charge in [0.15, 0.2) is 5.96 Å². The Bertz CT molecular complexity index is 498. The molecule has 6 heteroatoms. The van der Waals surface area contributed by atoms with Crippen molar-refractivity contribution in [2.75, 3.05) is 26.7 Å². The number of hydrogen-bond donors (Lipinski definition) is 2. The third kappa shape index (κ3) is 5.77. The average Bonchev–Trinajstić information content (AvgIpc) is 3.28. The van der Waals surface area contributed by atoms with Crippen molar-refractivity contribution in [2.45, 2.75) is 59.0 Å². The van der Waals surface area contributed by atoms with Crippen LogP contribution in [0, 0.1) is 13.8 Å². The lowest BCUT2D eigenvalue weighted by Crippen LogP contribution is -2.44. The van der Waals surface area contributed by atoms with Crippen molar-refractivity contribution in [3.05, 3.63) is 15.6 Å². The van der Waals surface area contributed by atoms with E-state index in [0.717, 1.165) is 43.8 Å². The number of nitrogens with zero attached hydrogens (tertiary/aromatic N) is 3. The summed E-state index contributed by atoms with van der Waals surface area (Å²) in [4.78, 5) is 12.8. The Labute approximate surface area is 144 Å². The Balaban J connectivity index is 1.67. The number of aryl methyl sites for hydroxylation is 2. The Morgan fingerprint density at radius 3 is 2.52 bits per heavy atom. The number of nitrogens with one attached hydrogen (secondary N) is 2. The summed E-state index contributed by atoms with van der Waals surface area (Å²) < 4.78 is 0. The van der Waals surface area contributed by atoms with E-state index in [1.807, 2.05) is 7.05 Å². The van der Waals surface area contributed by atoms with Crippen LogP contribution in [0.1, 0.15) is 42.3 Å². The smallest absolute Gasteiger partial charge is 0.191 e. The maximum Gasteiger partial charge on any atom is 0.191 e. The maximum atomic E-state index is 4.58. The molecule has 130 valence electrons. The highest BCUT2D eigenvalue weighted by molar-refractivity contribution is 7.11. The summed E-state index contributed by atoms with van der Waals surface area (Å²) in [5, 5.41) is 8.00.